The predicted octanol–water partition coefficient (Wildman–Crippen LogP) is 2.16. The van der Waals surface area contributed by atoms with Gasteiger partial charge in [0, 0.05) is 12.1 Å². The van der Waals surface area contributed by atoms with Crippen LogP contribution in [0.4, 0.5) is 0 Å². The van der Waals surface area contributed by atoms with Gasteiger partial charge in [0.05, 0.1) is 12.1 Å². The van der Waals surface area contributed by atoms with E-state index in [1.165, 1.54) is 12.8 Å². The number of rotatable bonds is 4. The first kappa shape index (κ1) is 14.6. The number of nitrogens with two attached hydrogens (primary N) is 1. The number of hydrogen-bond donors (Lipinski definition) is 2. The third kappa shape index (κ3) is 3.20. The Hall–Kier alpha value is -1.79. The Bertz CT molecular complexity index is 548. The fourth-order valence-corrected chi connectivity index (χ4v) is 2.41. The molecule has 3 nitrogen and oxygen atoms in total. The molecular formula is C17H22N2O. The molecule has 20 heavy (non-hydrogen) atoms. The standard InChI is InChI=1S/C17H22N2O/c1-13(2)17(9-10-17)12-19-16(20)15-8-4-3-6-14(15)7-5-11-18/h3-4,6,8,13H,9-12,18H2,1-2H3,(H,19,20). The zero-order valence-corrected chi connectivity index (χ0v) is 12.2. The SMILES string of the molecule is CC(C)C1(CNC(=O)c2ccccc2C#CCN)CC1. The summed E-state index contributed by atoms with van der Waals surface area (Å²) < 4.78 is 0. The number of hydrogen-bond acceptors (Lipinski definition) is 2. The van der Waals surface area contributed by atoms with Crippen molar-refractivity contribution in [1.82, 2.24) is 5.32 Å². The summed E-state index contributed by atoms with van der Waals surface area (Å²) in [6.45, 7) is 5.49. The monoisotopic (exact) mass is 270 g/mol. The molecule has 0 atom stereocenters. The van der Waals surface area contributed by atoms with Crippen LogP contribution in [0.25, 0.3) is 0 Å². The number of nitrogens with one attached hydrogen (secondary N) is 1. The molecule has 106 valence electrons. The Morgan fingerprint density at radius 2 is 2.10 bits per heavy atom. The van der Waals surface area contributed by atoms with Gasteiger partial charge in [0.25, 0.3) is 5.91 Å². The topological polar surface area (TPSA) is 55.1 Å². The summed E-state index contributed by atoms with van der Waals surface area (Å²) in [7, 11) is 0. The van der Waals surface area contributed by atoms with Gasteiger partial charge in [-0.05, 0) is 36.3 Å². The van der Waals surface area contributed by atoms with Crippen LogP contribution >= 0.6 is 0 Å². The molecule has 0 spiro atoms. The lowest BCUT2D eigenvalue weighted by Gasteiger charge is -2.20. The van der Waals surface area contributed by atoms with Crippen molar-refractivity contribution in [1.29, 1.82) is 0 Å². The maximum absolute atomic E-state index is 12.3. The molecule has 0 heterocycles. The lowest BCUT2D eigenvalue weighted by atomic mass is 9.92. The smallest absolute Gasteiger partial charge is 0.252 e. The molecule has 3 N–H and O–H groups in total. The molecule has 1 fully saturated rings. The molecule has 0 unspecified atom stereocenters. The quantitative estimate of drug-likeness (QED) is 0.824. The van der Waals surface area contributed by atoms with E-state index in [1.54, 1.807) is 0 Å². The molecular weight excluding hydrogens is 248 g/mol. The molecule has 3 heteroatoms. The van der Waals surface area contributed by atoms with E-state index in [-0.39, 0.29) is 5.91 Å². The summed E-state index contributed by atoms with van der Waals surface area (Å²) >= 11 is 0. The van der Waals surface area contributed by atoms with Crippen molar-refractivity contribution in [3.63, 3.8) is 0 Å². The second-order valence-electron chi connectivity index (χ2n) is 5.75. The van der Waals surface area contributed by atoms with Gasteiger partial charge in [-0.25, -0.2) is 0 Å². The van der Waals surface area contributed by atoms with Crippen LogP contribution in [0.15, 0.2) is 24.3 Å². The van der Waals surface area contributed by atoms with Crippen LogP contribution in [0.3, 0.4) is 0 Å². The van der Waals surface area contributed by atoms with Gasteiger partial charge in [0.1, 0.15) is 0 Å². The lowest BCUT2D eigenvalue weighted by molar-refractivity contribution is 0.0939. The van der Waals surface area contributed by atoms with E-state index >= 15 is 0 Å². The Labute approximate surface area is 120 Å². The van der Waals surface area contributed by atoms with Crippen LogP contribution in [-0.2, 0) is 0 Å². The van der Waals surface area contributed by atoms with E-state index in [0.29, 0.717) is 23.4 Å². The highest BCUT2D eigenvalue weighted by atomic mass is 16.1. The van der Waals surface area contributed by atoms with Gasteiger partial charge < -0.3 is 11.1 Å². The van der Waals surface area contributed by atoms with Crippen molar-refractivity contribution in [2.24, 2.45) is 17.1 Å². The number of benzene rings is 1. The first-order valence-electron chi connectivity index (χ1n) is 7.15. The average molecular weight is 270 g/mol. The molecule has 1 aromatic rings. The normalized spacial score (nSPS) is 15.4. The van der Waals surface area contributed by atoms with Crippen LogP contribution in [0.2, 0.25) is 0 Å². The van der Waals surface area contributed by atoms with Gasteiger partial charge in [0.15, 0.2) is 0 Å². The molecule has 1 aromatic carbocycles. The van der Waals surface area contributed by atoms with Crippen molar-refractivity contribution < 1.29 is 4.79 Å². The summed E-state index contributed by atoms with van der Waals surface area (Å²) in [4.78, 5) is 12.3. The molecule has 0 radical (unpaired) electrons. The van der Waals surface area contributed by atoms with E-state index < -0.39 is 0 Å². The zero-order chi connectivity index (χ0) is 14.6. The summed E-state index contributed by atoms with van der Waals surface area (Å²) in [5.41, 5.74) is 7.07. The minimum Gasteiger partial charge on any atom is -0.351 e. The number of carbonyl (C=O) groups excluding carboxylic acids is 1. The van der Waals surface area contributed by atoms with E-state index in [0.717, 1.165) is 12.1 Å². The lowest BCUT2D eigenvalue weighted by Crippen LogP contribution is -2.33. The van der Waals surface area contributed by atoms with E-state index in [1.807, 2.05) is 24.3 Å². The van der Waals surface area contributed by atoms with Gasteiger partial charge in [-0.15, -0.1) is 0 Å². The highest BCUT2D eigenvalue weighted by Crippen LogP contribution is 2.51. The molecule has 0 aromatic heterocycles. The summed E-state index contributed by atoms with van der Waals surface area (Å²) in [6, 6.07) is 7.41. The average Bonchev–Trinajstić information content (AvgIpc) is 3.24. The van der Waals surface area contributed by atoms with Gasteiger partial charge in [-0.3, -0.25) is 4.79 Å². The molecule has 1 aliphatic carbocycles. The van der Waals surface area contributed by atoms with Crippen molar-refractivity contribution in [2.75, 3.05) is 13.1 Å². The Morgan fingerprint density at radius 1 is 1.40 bits per heavy atom. The van der Waals surface area contributed by atoms with Gasteiger partial charge in [0.2, 0.25) is 0 Å². The van der Waals surface area contributed by atoms with E-state index in [4.69, 9.17) is 5.73 Å². The summed E-state index contributed by atoms with van der Waals surface area (Å²) in [5.74, 6) is 6.32. The number of amides is 1. The third-order valence-corrected chi connectivity index (χ3v) is 4.21. The molecule has 1 aliphatic rings. The van der Waals surface area contributed by atoms with Crippen LogP contribution in [-0.4, -0.2) is 19.0 Å². The first-order chi connectivity index (χ1) is 9.59. The maximum atomic E-state index is 12.3. The van der Waals surface area contributed by atoms with Gasteiger partial charge in [-0.2, -0.15) is 0 Å². The van der Waals surface area contributed by atoms with Gasteiger partial charge >= 0.3 is 0 Å². The minimum atomic E-state index is -0.0427. The fraction of sp³-hybridized carbons (Fsp3) is 0.471. The molecule has 0 bridgehead atoms. The molecule has 0 aliphatic heterocycles. The van der Waals surface area contributed by atoms with Crippen molar-refractivity contribution in [3.05, 3.63) is 35.4 Å². The number of carbonyl (C=O) groups is 1. The molecule has 1 amide bonds. The second kappa shape index (κ2) is 6.11. The van der Waals surface area contributed by atoms with Crippen LogP contribution in [0.1, 0.15) is 42.6 Å². The summed E-state index contributed by atoms with van der Waals surface area (Å²) in [5, 5.41) is 3.06. The Balaban J connectivity index is 2.06. The first-order valence-corrected chi connectivity index (χ1v) is 7.15. The maximum Gasteiger partial charge on any atom is 0.252 e. The molecule has 0 saturated heterocycles. The van der Waals surface area contributed by atoms with Crippen molar-refractivity contribution in [2.45, 2.75) is 26.7 Å². The second-order valence-corrected chi connectivity index (χ2v) is 5.75. The fourth-order valence-electron chi connectivity index (χ4n) is 2.41. The zero-order valence-electron chi connectivity index (χ0n) is 12.2. The molecule has 1 saturated carbocycles. The Morgan fingerprint density at radius 3 is 2.70 bits per heavy atom. The van der Waals surface area contributed by atoms with Crippen LogP contribution in [0, 0.1) is 23.2 Å². The molecule has 2 rings (SSSR count). The highest BCUT2D eigenvalue weighted by Gasteiger charge is 2.45. The largest absolute Gasteiger partial charge is 0.351 e. The van der Waals surface area contributed by atoms with Crippen molar-refractivity contribution in [3.8, 4) is 11.8 Å². The summed E-state index contributed by atoms with van der Waals surface area (Å²) in [6.07, 6.45) is 2.42. The highest BCUT2D eigenvalue weighted by molar-refractivity contribution is 5.96. The van der Waals surface area contributed by atoms with Crippen molar-refractivity contribution >= 4 is 5.91 Å². The van der Waals surface area contributed by atoms with Crippen LogP contribution in [0.5, 0.6) is 0 Å². The van der Waals surface area contributed by atoms with Crippen LogP contribution < -0.4 is 11.1 Å². The minimum absolute atomic E-state index is 0.0427. The predicted molar refractivity (Wildman–Crippen MR) is 81.2 cm³/mol. The third-order valence-electron chi connectivity index (χ3n) is 4.21. The van der Waals surface area contributed by atoms with E-state index in [2.05, 4.69) is 31.0 Å². The van der Waals surface area contributed by atoms with Gasteiger partial charge in [-0.1, -0.05) is 37.8 Å². The Kier molecular flexibility index (Phi) is 4.46. The van der Waals surface area contributed by atoms with E-state index in [9.17, 15) is 4.79 Å².